The van der Waals surface area contributed by atoms with Gasteiger partial charge in [0.2, 0.25) is 0 Å². The highest BCUT2D eigenvalue weighted by Gasteiger charge is 2.16. The Morgan fingerprint density at radius 3 is 2.59 bits per heavy atom. The number of aromatic amines is 1. The van der Waals surface area contributed by atoms with E-state index in [0.717, 1.165) is 24.5 Å². The number of H-pyrrole nitrogens is 1. The van der Waals surface area contributed by atoms with Crippen LogP contribution in [0.1, 0.15) is 29.8 Å². The summed E-state index contributed by atoms with van der Waals surface area (Å²) in [5, 5.41) is 8.90. The molecule has 1 aromatic carbocycles. The number of hydrogen-bond donors (Lipinski definition) is 2. The Bertz CT molecular complexity index is 700. The molecular formula is C16H18N4O2. The fraction of sp³-hybridized carbons (Fsp3) is 0.312. The van der Waals surface area contributed by atoms with Crippen molar-refractivity contribution in [2.24, 2.45) is 0 Å². The standard InChI is InChI=1S/C16H18N4O2/c21-15-9-8-13(18-19-15)16(22)17-12-6-2-3-7-14(12)20-10-4-1-5-11-20/h2-3,6-9H,1,4-5,10-11H2,(H,17,22)(H,19,21). The van der Waals surface area contributed by atoms with Gasteiger partial charge in [-0.25, -0.2) is 5.10 Å². The highest BCUT2D eigenvalue weighted by atomic mass is 16.2. The number of para-hydroxylation sites is 2. The van der Waals surface area contributed by atoms with Crippen molar-refractivity contribution in [3.05, 3.63) is 52.4 Å². The van der Waals surface area contributed by atoms with Crippen LogP contribution in [-0.2, 0) is 0 Å². The molecule has 1 amide bonds. The van der Waals surface area contributed by atoms with Crippen molar-refractivity contribution >= 4 is 17.3 Å². The number of benzene rings is 1. The number of piperidine rings is 1. The van der Waals surface area contributed by atoms with Gasteiger partial charge in [-0.2, -0.15) is 5.10 Å². The van der Waals surface area contributed by atoms with Crippen LogP contribution in [0.4, 0.5) is 11.4 Å². The molecule has 6 heteroatoms. The van der Waals surface area contributed by atoms with E-state index in [9.17, 15) is 9.59 Å². The Labute approximate surface area is 128 Å². The lowest BCUT2D eigenvalue weighted by atomic mass is 10.1. The summed E-state index contributed by atoms with van der Waals surface area (Å²) >= 11 is 0. The maximum Gasteiger partial charge on any atom is 0.276 e. The van der Waals surface area contributed by atoms with Gasteiger partial charge in [0.15, 0.2) is 0 Å². The highest BCUT2D eigenvalue weighted by molar-refractivity contribution is 6.04. The SMILES string of the molecule is O=C(Nc1ccccc1N1CCCCC1)c1ccc(=O)[nH]n1. The van der Waals surface area contributed by atoms with Crippen LogP contribution in [0.15, 0.2) is 41.2 Å². The van der Waals surface area contributed by atoms with Gasteiger partial charge in [0.25, 0.3) is 11.5 Å². The van der Waals surface area contributed by atoms with E-state index in [0.29, 0.717) is 0 Å². The lowest BCUT2D eigenvalue weighted by Gasteiger charge is -2.30. The van der Waals surface area contributed by atoms with Crippen LogP contribution in [0.25, 0.3) is 0 Å². The van der Waals surface area contributed by atoms with E-state index in [2.05, 4.69) is 20.4 Å². The second kappa shape index (κ2) is 6.43. The van der Waals surface area contributed by atoms with Gasteiger partial charge in [0.05, 0.1) is 11.4 Å². The molecule has 1 aliphatic heterocycles. The molecule has 1 aliphatic rings. The van der Waals surface area contributed by atoms with E-state index in [-0.39, 0.29) is 17.2 Å². The van der Waals surface area contributed by atoms with Crippen LogP contribution in [0.5, 0.6) is 0 Å². The molecule has 0 unspecified atom stereocenters. The summed E-state index contributed by atoms with van der Waals surface area (Å²) in [6.45, 7) is 2.01. The van der Waals surface area contributed by atoms with Gasteiger partial charge in [-0.3, -0.25) is 9.59 Å². The van der Waals surface area contributed by atoms with Crippen LogP contribution in [-0.4, -0.2) is 29.2 Å². The van der Waals surface area contributed by atoms with Gasteiger partial charge >= 0.3 is 0 Å². The number of anilines is 2. The third kappa shape index (κ3) is 3.16. The molecule has 0 radical (unpaired) electrons. The van der Waals surface area contributed by atoms with Crippen molar-refractivity contribution in [1.82, 2.24) is 10.2 Å². The molecule has 2 N–H and O–H groups in total. The van der Waals surface area contributed by atoms with E-state index in [1.165, 1.54) is 31.4 Å². The first kappa shape index (κ1) is 14.3. The summed E-state index contributed by atoms with van der Waals surface area (Å²) in [6, 6.07) is 10.5. The Kier molecular flexibility index (Phi) is 4.18. The number of nitrogens with one attached hydrogen (secondary N) is 2. The monoisotopic (exact) mass is 298 g/mol. The molecule has 114 valence electrons. The van der Waals surface area contributed by atoms with E-state index in [1.54, 1.807) is 0 Å². The molecule has 1 saturated heterocycles. The fourth-order valence-electron chi connectivity index (χ4n) is 2.65. The van der Waals surface area contributed by atoms with Crippen molar-refractivity contribution < 1.29 is 4.79 Å². The van der Waals surface area contributed by atoms with Gasteiger partial charge in [0.1, 0.15) is 5.69 Å². The molecule has 0 aliphatic carbocycles. The van der Waals surface area contributed by atoms with Crippen molar-refractivity contribution in [2.45, 2.75) is 19.3 Å². The summed E-state index contributed by atoms with van der Waals surface area (Å²) in [7, 11) is 0. The molecule has 2 aromatic rings. The summed E-state index contributed by atoms with van der Waals surface area (Å²) in [5.74, 6) is -0.333. The van der Waals surface area contributed by atoms with Gasteiger partial charge in [-0.15, -0.1) is 0 Å². The Morgan fingerprint density at radius 2 is 1.86 bits per heavy atom. The zero-order chi connectivity index (χ0) is 15.4. The molecule has 6 nitrogen and oxygen atoms in total. The molecule has 0 atom stereocenters. The number of nitrogens with zero attached hydrogens (tertiary/aromatic N) is 2. The number of aromatic nitrogens is 2. The molecule has 22 heavy (non-hydrogen) atoms. The zero-order valence-corrected chi connectivity index (χ0v) is 12.2. The van der Waals surface area contributed by atoms with Crippen molar-refractivity contribution in [3.63, 3.8) is 0 Å². The van der Waals surface area contributed by atoms with Gasteiger partial charge < -0.3 is 10.2 Å². The number of carbonyl (C=O) groups excluding carboxylic acids is 1. The molecule has 1 aromatic heterocycles. The minimum atomic E-state index is -0.333. The van der Waals surface area contributed by atoms with Crippen molar-refractivity contribution in [3.8, 4) is 0 Å². The predicted octanol–water partition coefficient (Wildman–Crippen LogP) is 2.01. The van der Waals surface area contributed by atoms with E-state index < -0.39 is 0 Å². The molecule has 0 saturated carbocycles. The summed E-state index contributed by atoms with van der Waals surface area (Å²) in [6.07, 6.45) is 3.60. The van der Waals surface area contributed by atoms with E-state index in [1.807, 2.05) is 24.3 Å². The molecule has 2 heterocycles. The largest absolute Gasteiger partial charge is 0.370 e. The lowest BCUT2D eigenvalue weighted by molar-refractivity contribution is 0.102. The molecular weight excluding hydrogens is 280 g/mol. The average molecular weight is 298 g/mol. The van der Waals surface area contributed by atoms with Gasteiger partial charge in [-0.05, 0) is 37.5 Å². The quantitative estimate of drug-likeness (QED) is 0.908. The van der Waals surface area contributed by atoms with E-state index >= 15 is 0 Å². The van der Waals surface area contributed by atoms with E-state index in [4.69, 9.17) is 0 Å². The first-order valence-electron chi connectivity index (χ1n) is 7.45. The minimum Gasteiger partial charge on any atom is -0.370 e. The predicted molar refractivity (Wildman–Crippen MR) is 85.3 cm³/mol. The van der Waals surface area contributed by atoms with Crippen LogP contribution in [0.2, 0.25) is 0 Å². The number of amides is 1. The normalized spacial score (nSPS) is 14.6. The molecule has 0 bridgehead atoms. The fourth-order valence-corrected chi connectivity index (χ4v) is 2.65. The summed E-state index contributed by atoms with van der Waals surface area (Å²) < 4.78 is 0. The van der Waals surface area contributed by atoms with Crippen LogP contribution in [0.3, 0.4) is 0 Å². The van der Waals surface area contributed by atoms with Crippen LogP contribution >= 0.6 is 0 Å². The molecule has 1 fully saturated rings. The van der Waals surface area contributed by atoms with Gasteiger partial charge in [0, 0.05) is 19.2 Å². The molecule has 0 spiro atoms. The first-order chi connectivity index (χ1) is 10.7. The number of hydrogen-bond acceptors (Lipinski definition) is 4. The van der Waals surface area contributed by atoms with Crippen molar-refractivity contribution in [1.29, 1.82) is 0 Å². The maximum atomic E-state index is 12.2. The lowest BCUT2D eigenvalue weighted by Crippen LogP contribution is -2.30. The Morgan fingerprint density at radius 1 is 1.09 bits per heavy atom. The van der Waals surface area contributed by atoms with Gasteiger partial charge in [-0.1, -0.05) is 12.1 Å². The molecule has 3 rings (SSSR count). The first-order valence-corrected chi connectivity index (χ1v) is 7.45. The zero-order valence-electron chi connectivity index (χ0n) is 12.2. The third-order valence-electron chi connectivity index (χ3n) is 3.76. The smallest absolute Gasteiger partial charge is 0.276 e. The van der Waals surface area contributed by atoms with Crippen molar-refractivity contribution in [2.75, 3.05) is 23.3 Å². The van der Waals surface area contributed by atoms with Crippen LogP contribution < -0.4 is 15.8 Å². The summed E-state index contributed by atoms with van der Waals surface area (Å²) in [5.41, 5.74) is 1.65. The maximum absolute atomic E-state index is 12.2. The second-order valence-electron chi connectivity index (χ2n) is 5.33. The summed E-state index contributed by atoms with van der Waals surface area (Å²) in [4.78, 5) is 25.5. The third-order valence-corrected chi connectivity index (χ3v) is 3.76. The second-order valence-corrected chi connectivity index (χ2v) is 5.33. The Balaban J connectivity index is 1.81. The number of rotatable bonds is 3. The number of carbonyl (C=O) groups is 1. The average Bonchev–Trinajstić information content (AvgIpc) is 2.57. The highest BCUT2D eigenvalue weighted by Crippen LogP contribution is 2.28. The minimum absolute atomic E-state index is 0.188. The van der Waals surface area contributed by atoms with Crippen LogP contribution in [0, 0.1) is 0 Å². The topological polar surface area (TPSA) is 78.1 Å². The Hall–Kier alpha value is -2.63.